The average Bonchev–Trinajstić information content (AvgIpc) is 2.39. The molecule has 0 atom stereocenters. The van der Waals surface area contributed by atoms with Gasteiger partial charge < -0.3 is 4.74 Å². The predicted molar refractivity (Wildman–Crippen MR) is 77.0 cm³/mol. The third-order valence-corrected chi connectivity index (χ3v) is 3.34. The molecular weight excluding hydrogens is 310 g/mol. The highest BCUT2D eigenvalue weighted by molar-refractivity contribution is 9.08. The minimum atomic E-state index is -0.419. The minimum absolute atomic E-state index is 0.00654. The minimum Gasteiger partial charge on any atom is -0.450 e. The van der Waals surface area contributed by atoms with E-state index >= 15 is 0 Å². The van der Waals surface area contributed by atoms with Gasteiger partial charge in [-0.15, -0.1) is 0 Å². The Hall–Kier alpha value is -1.88. The number of ether oxygens (including phenoxy) is 1. The fraction of sp³-hybridized carbons (Fsp3) is 0.143. The van der Waals surface area contributed by atoms with Crippen molar-refractivity contribution < 1.29 is 9.66 Å². The van der Waals surface area contributed by atoms with Crippen molar-refractivity contribution in [3.63, 3.8) is 0 Å². The number of alkyl halides is 1. The molecule has 0 aliphatic rings. The van der Waals surface area contributed by atoms with Crippen molar-refractivity contribution in [2.45, 2.75) is 12.3 Å². The summed E-state index contributed by atoms with van der Waals surface area (Å²) in [5.41, 5.74) is 1.71. The zero-order valence-corrected chi connectivity index (χ0v) is 11.9. The number of aryl methyl sites for hydroxylation is 1. The standard InChI is InChI=1S/C14H12BrNO3/c1-10-3-2-4-13(14(10)16(17)18)19-12-7-5-11(9-15)6-8-12/h2-8H,9H2,1H3. The van der Waals surface area contributed by atoms with Crippen LogP contribution >= 0.6 is 15.9 Å². The summed E-state index contributed by atoms with van der Waals surface area (Å²) in [5, 5.41) is 11.8. The first-order valence-electron chi connectivity index (χ1n) is 5.68. The molecule has 0 radical (unpaired) electrons. The Morgan fingerprint density at radius 3 is 2.47 bits per heavy atom. The van der Waals surface area contributed by atoms with Crippen molar-refractivity contribution in [1.29, 1.82) is 0 Å². The SMILES string of the molecule is Cc1cccc(Oc2ccc(CBr)cc2)c1[N+](=O)[O-]. The van der Waals surface area contributed by atoms with Gasteiger partial charge in [-0.1, -0.05) is 40.2 Å². The molecule has 98 valence electrons. The van der Waals surface area contributed by atoms with E-state index in [1.54, 1.807) is 37.3 Å². The Morgan fingerprint density at radius 2 is 1.89 bits per heavy atom. The summed E-state index contributed by atoms with van der Waals surface area (Å²) in [6.45, 7) is 1.69. The van der Waals surface area contributed by atoms with E-state index in [0.29, 0.717) is 11.3 Å². The van der Waals surface area contributed by atoms with E-state index in [9.17, 15) is 10.1 Å². The maximum Gasteiger partial charge on any atom is 0.314 e. The molecule has 19 heavy (non-hydrogen) atoms. The summed E-state index contributed by atoms with van der Waals surface area (Å²) in [4.78, 5) is 10.6. The topological polar surface area (TPSA) is 52.4 Å². The summed E-state index contributed by atoms with van der Waals surface area (Å²) in [6.07, 6.45) is 0. The lowest BCUT2D eigenvalue weighted by molar-refractivity contribution is -0.386. The number of nitro benzene ring substituents is 1. The predicted octanol–water partition coefficient (Wildman–Crippen LogP) is 4.59. The molecule has 0 saturated heterocycles. The van der Waals surface area contributed by atoms with Gasteiger partial charge in [0.15, 0.2) is 0 Å². The number of nitrogens with zero attached hydrogens (tertiary/aromatic N) is 1. The highest BCUT2D eigenvalue weighted by atomic mass is 79.9. The van der Waals surface area contributed by atoms with Crippen molar-refractivity contribution in [3.05, 3.63) is 63.7 Å². The summed E-state index contributed by atoms with van der Waals surface area (Å²) < 4.78 is 5.59. The lowest BCUT2D eigenvalue weighted by Crippen LogP contribution is -1.96. The first kappa shape index (κ1) is 13.5. The lowest BCUT2D eigenvalue weighted by atomic mass is 10.2. The number of halogens is 1. The molecule has 0 aliphatic heterocycles. The Kier molecular flexibility index (Phi) is 4.16. The van der Waals surface area contributed by atoms with Crippen LogP contribution in [0.25, 0.3) is 0 Å². The second kappa shape index (κ2) is 5.84. The maximum absolute atomic E-state index is 11.1. The molecule has 2 aromatic carbocycles. The summed E-state index contributed by atoms with van der Waals surface area (Å²) in [7, 11) is 0. The number of rotatable bonds is 4. The summed E-state index contributed by atoms with van der Waals surface area (Å²) >= 11 is 3.36. The Labute approximate surface area is 119 Å². The zero-order chi connectivity index (χ0) is 13.8. The number of hydrogen-bond donors (Lipinski definition) is 0. The van der Waals surface area contributed by atoms with Crippen LogP contribution in [0.3, 0.4) is 0 Å². The highest BCUT2D eigenvalue weighted by Crippen LogP contribution is 2.33. The smallest absolute Gasteiger partial charge is 0.314 e. The molecule has 0 spiro atoms. The molecule has 2 aromatic rings. The van der Waals surface area contributed by atoms with E-state index in [1.165, 1.54) is 0 Å². The van der Waals surface area contributed by atoms with Crippen LogP contribution in [0.4, 0.5) is 5.69 Å². The second-order valence-corrected chi connectivity index (χ2v) is 4.62. The van der Waals surface area contributed by atoms with E-state index < -0.39 is 4.92 Å². The van der Waals surface area contributed by atoms with Gasteiger partial charge in [-0.25, -0.2) is 0 Å². The molecule has 4 nitrogen and oxygen atoms in total. The van der Waals surface area contributed by atoms with Crippen molar-refractivity contribution in [3.8, 4) is 11.5 Å². The van der Waals surface area contributed by atoms with Gasteiger partial charge in [0.25, 0.3) is 0 Å². The molecule has 0 saturated carbocycles. The van der Waals surface area contributed by atoms with Gasteiger partial charge in [0.2, 0.25) is 5.75 Å². The molecular formula is C14H12BrNO3. The second-order valence-electron chi connectivity index (χ2n) is 4.06. The Morgan fingerprint density at radius 1 is 1.21 bits per heavy atom. The largest absolute Gasteiger partial charge is 0.450 e. The number of para-hydroxylation sites is 1. The quantitative estimate of drug-likeness (QED) is 0.470. The summed E-state index contributed by atoms with van der Waals surface area (Å²) in [5.74, 6) is 0.843. The van der Waals surface area contributed by atoms with Gasteiger partial charge in [0.05, 0.1) is 4.92 Å². The van der Waals surface area contributed by atoms with E-state index in [1.807, 2.05) is 12.1 Å². The van der Waals surface area contributed by atoms with E-state index in [4.69, 9.17) is 4.74 Å². The van der Waals surface area contributed by atoms with Gasteiger partial charge in [0, 0.05) is 10.9 Å². The Balaban J connectivity index is 2.32. The molecule has 5 heteroatoms. The molecule has 0 N–H and O–H groups in total. The van der Waals surface area contributed by atoms with E-state index in [2.05, 4.69) is 15.9 Å². The number of nitro groups is 1. The van der Waals surface area contributed by atoms with Crippen LogP contribution in [-0.4, -0.2) is 4.92 Å². The first-order valence-corrected chi connectivity index (χ1v) is 6.80. The van der Waals surface area contributed by atoms with Crippen LogP contribution in [-0.2, 0) is 5.33 Å². The third-order valence-electron chi connectivity index (χ3n) is 2.69. The van der Waals surface area contributed by atoms with Crippen LogP contribution in [0.2, 0.25) is 0 Å². The molecule has 0 aliphatic carbocycles. The monoisotopic (exact) mass is 321 g/mol. The van der Waals surface area contributed by atoms with Gasteiger partial charge in [0.1, 0.15) is 5.75 Å². The van der Waals surface area contributed by atoms with Crippen LogP contribution in [0.5, 0.6) is 11.5 Å². The lowest BCUT2D eigenvalue weighted by Gasteiger charge is -2.08. The van der Waals surface area contributed by atoms with Crippen LogP contribution in [0.15, 0.2) is 42.5 Å². The highest BCUT2D eigenvalue weighted by Gasteiger charge is 2.18. The zero-order valence-electron chi connectivity index (χ0n) is 10.3. The van der Waals surface area contributed by atoms with Gasteiger partial charge in [-0.05, 0) is 30.7 Å². The van der Waals surface area contributed by atoms with Crippen LogP contribution < -0.4 is 4.74 Å². The third kappa shape index (κ3) is 3.12. The maximum atomic E-state index is 11.1. The van der Waals surface area contributed by atoms with Crippen molar-refractivity contribution >= 4 is 21.6 Å². The van der Waals surface area contributed by atoms with Crippen molar-refractivity contribution in [2.75, 3.05) is 0 Å². The molecule has 0 heterocycles. The van der Waals surface area contributed by atoms with Gasteiger partial charge in [-0.3, -0.25) is 10.1 Å². The van der Waals surface area contributed by atoms with E-state index in [-0.39, 0.29) is 11.4 Å². The van der Waals surface area contributed by atoms with Gasteiger partial charge >= 0.3 is 5.69 Å². The molecule has 2 rings (SSSR count). The Bertz CT molecular complexity index is 596. The van der Waals surface area contributed by atoms with Gasteiger partial charge in [-0.2, -0.15) is 0 Å². The molecule has 0 fully saturated rings. The number of benzene rings is 2. The average molecular weight is 322 g/mol. The first-order chi connectivity index (χ1) is 9.11. The molecule has 0 bridgehead atoms. The molecule has 0 amide bonds. The molecule has 0 aromatic heterocycles. The van der Waals surface area contributed by atoms with Crippen LogP contribution in [0, 0.1) is 17.0 Å². The summed E-state index contributed by atoms with van der Waals surface area (Å²) in [6, 6.07) is 12.4. The van der Waals surface area contributed by atoms with E-state index in [0.717, 1.165) is 10.9 Å². The molecule has 0 unspecified atom stereocenters. The fourth-order valence-corrected chi connectivity index (χ4v) is 2.10. The van der Waals surface area contributed by atoms with Crippen molar-refractivity contribution in [2.24, 2.45) is 0 Å². The number of hydrogen-bond acceptors (Lipinski definition) is 3. The van der Waals surface area contributed by atoms with Crippen LogP contribution in [0.1, 0.15) is 11.1 Å². The van der Waals surface area contributed by atoms with Crippen molar-refractivity contribution in [1.82, 2.24) is 0 Å². The normalized spacial score (nSPS) is 10.2. The fourth-order valence-electron chi connectivity index (χ4n) is 1.72.